The van der Waals surface area contributed by atoms with Gasteiger partial charge in [-0.2, -0.15) is 0 Å². The standard InChI is InChI=1S/C13H12ClFO2S/c1-17-9-6-13(18-7-9)12(16)5-8-2-3-11(15)10(14)4-8/h2-4,6-7,12,16H,5H2,1H3. The van der Waals surface area contributed by atoms with Crippen LogP contribution in [0.2, 0.25) is 5.02 Å². The van der Waals surface area contributed by atoms with Crippen LogP contribution in [0.4, 0.5) is 4.39 Å². The van der Waals surface area contributed by atoms with Crippen LogP contribution in [-0.4, -0.2) is 12.2 Å². The van der Waals surface area contributed by atoms with Crippen molar-refractivity contribution in [2.45, 2.75) is 12.5 Å². The number of aliphatic hydroxyl groups excluding tert-OH is 1. The fourth-order valence-corrected chi connectivity index (χ4v) is 2.65. The highest BCUT2D eigenvalue weighted by Gasteiger charge is 2.12. The summed E-state index contributed by atoms with van der Waals surface area (Å²) >= 11 is 7.12. The average molecular weight is 287 g/mol. The Labute approximate surface area is 114 Å². The third kappa shape index (κ3) is 3.02. The Balaban J connectivity index is 2.10. The van der Waals surface area contributed by atoms with Gasteiger partial charge in [0.15, 0.2) is 0 Å². The van der Waals surface area contributed by atoms with Gasteiger partial charge in [-0.15, -0.1) is 11.3 Å². The van der Waals surface area contributed by atoms with E-state index in [1.165, 1.54) is 23.5 Å². The Morgan fingerprint density at radius 2 is 2.22 bits per heavy atom. The topological polar surface area (TPSA) is 29.5 Å². The molecule has 1 aromatic carbocycles. The number of hydrogen-bond acceptors (Lipinski definition) is 3. The number of ether oxygens (including phenoxy) is 1. The van der Waals surface area contributed by atoms with E-state index in [1.54, 1.807) is 19.2 Å². The Morgan fingerprint density at radius 3 is 2.83 bits per heavy atom. The first-order valence-corrected chi connectivity index (χ1v) is 6.60. The third-order valence-electron chi connectivity index (χ3n) is 2.57. The second-order valence-corrected chi connectivity index (χ2v) is 5.21. The van der Waals surface area contributed by atoms with Crippen molar-refractivity contribution >= 4 is 22.9 Å². The number of hydrogen-bond donors (Lipinski definition) is 1. The number of aliphatic hydroxyl groups is 1. The van der Waals surface area contributed by atoms with Crippen molar-refractivity contribution in [2.24, 2.45) is 0 Å². The number of rotatable bonds is 4. The molecule has 2 aromatic rings. The fraction of sp³-hybridized carbons (Fsp3) is 0.231. The van der Waals surface area contributed by atoms with E-state index >= 15 is 0 Å². The molecule has 0 radical (unpaired) electrons. The van der Waals surface area contributed by atoms with Gasteiger partial charge < -0.3 is 9.84 Å². The molecule has 0 bridgehead atoms. The lowest BCUT2D eigenvalue weighted by Gasteiger charge is -2.08. The first-order valence-electron chi connectivity index (χ1n) is 5.34. The van der Waals surface area contributed by atoms with E-state index in [0.29, 0.717) is 6.42 Å². The van der Waals surface area contributed by atoms with E-state index in [-0.39, 0.29) is 5.02 Å². The second-order valence-electron chi connectivity index (χ2n) is 3.86. The molecule has 0 amide bonds. The number of halogens is 2. The van der Waals surface area contributed by atoms with Gasteiger partial charge in [0, 0.05) is 16.7 Å². The van der Waals surface area contributed by atoms with Crippen LogP contribution in [0.1, 0.15) is 16.5 Å². The molecular weight excluding hydrogens is 275 g/mol. The second kappa shape index (κ2) is 5.69. The Hall–Kier alpha value is -1.10. The molecule has 1 aromatic heterocycles. The van der Waals surface area contributed by atoms with Gasteiger partial charge in [-0.05, 0) is 23.8 Å². The van der Waals surface area contributed by atoms with Crippen molar-refractivity contribution in [3.8, 4) is 5.75 Å². The van der Waals surface area contributed by atoms with Crippen molar-refractivity contribution in [1.29, 1.82) is 0 Å². The van der Waals surface area contributed by atoms with Crippen LogP contribution in [0, 0.1) is 5.82 Å². The lowest BCUT2D eigenvalue weighted by atomic mass is 10.1. The average Bonchev–Trinajstić information content (AvgIpc) is 2.82. The normalized spacial score (nSPS) is 12.4. The van der Waals surface area contributed by atoms with Gasteiger partial charge in [-0.1, -0.05) is 17.7 Å². The molecule has 1 N–H and O–H groups in total. The van der Waals surface area contributed by atoms with Gasteiger partial charge in [-0.3, -0.25) is 0 Å². The van der Waals surface area contributed by atoms with Crippen molar-refractivity contribution in [2.75, 3.05) is 7.11 Å². The molecule has 96 valence electrons. The highest BCUT2D eigenvalue weighted by Crippen LogP contribution is 2.29. The minimum Gasteiger partial charge on any atom is -0.496 e. The molecule has 5 heteroatoms. The smallest absolute Gasteiger partial charge is 0.141 e. The minimum atomic E-state index is -0.638. The molecule has 18 heavy (non-hydrogen) atoms. The Kier molecular flexibility index (Phi) is 4.22. The van der Waals surface area contributed by atoms with Crippen LogP contribution in [0.15, 0.2) is 29.6 Å². The number of methoxy groups -OCH3 is 1. The quantitative estimate of drug-likeness (QED) is 0.926. The fourth-order valence-electron chi connectivity index (χ4n) is 1.61. The molecule has 0 fully saturated rings. The van der Waals surface area contributed by atoms with E-state index in [2.05, 4.69) is 0 Å². The molecule has 2 rings (SSSR count). The Morgan fingerprint density at radius 1 is 1.44 bits per heavy atom. The van der Waals surface area contributed by atoms with Gasteiger partial charge in [0.05, 0.1) is 18.2 Å². The first-order chi connectivity index (χ1) is 8.60. The van der Waals surface area contributed by atoms with Gasteiger partial charge in [0.2, 0.25) is 0 Å². The summed E-state index contributed by atoms with van der Waals surface area (Å²) in [6, 6.07) is 6.25. The van der Waals surface area contributed by atoms with Crippen molar-refractivity contribution in [3.05, 3.63) is 50.9 Å². The van der Waals surface area contributed by atoms with Crippen LogP contribution < -0.4 is 4.74 Å². The number of thiophene rings is 1. The maximum Gasteiger partial charge on any atom is 0.141 e. The van der Waals surface area contributed by atoms with E-state index in [4.69, 9.17) is 16.3 Å². The summed E-state index contributed by atoms with van der Waals surface area (Å²) in [4.78, 5) is 0.812. The largest absolute Gasteiger partial charge is 0.496 e. The summed E-state index contributed by atoms with van der Waals surface area (Å²) in [7, 11) is 1.58. The van der Waals surface area contributed by atoms with E-state index < -0.39 is 11.9 Å². The molecular formula is C13H12ClFO2S. The SMILES string of the molecule is COc1csc(C(O)Cc2ccc(F)c(Cl)c2)c1. The molecule has 0 aliphatic rings. The van der Waals surface area contributed by atoms with Gasteiger partial charge in [0.25, 0.3) is 0 Å². The Bertz CT molecular complexity index is 542. The molecule has 1 heterocycles. The molecule has 1 unspecified atom stereocenters. The highest BCUT2D eigenvalue weighted by atomic mass is 35.5. The highest BCUT2D eigenvalue weighted by molar-refractivity contribution is 7.10. The predicted octanol–water partition coefficient (Wildman–Crippen LogP) is 3.83. The lowest BCUT2D eigenvalue weighted by Crippen LogP contribution is -1.99. The van der Waals surface area contributed by atoms with Crippen molar-refractivity contribution in [1.82, 2.24) is 0 Å². The van der Waals surface area contributed by atoms with Crippen molar-refractivity contribution in [3.63, 3.8) is 0 Å². The zero-order valence-corrected chi connectivity index (χ0v) is 11.3. The number of benzene rings is 1. The maximum absolute atomic E-state index is 13.0. The summed E-state index contributed by atoms with van der Waals surface area (Å²) < 4.78 is 18.1. The van der Waals surface area contributed by atoms with E-state index in [1.807, 2.05) is 5.38 Å². The monoisotopic (exact) mass is 286 g/mol. The molecule has 0 saturated carbocycles. The van der Waals surface area contributed by atoms with Gasteiger partial charge in [-0.25, -0.2) is 4.39 Å². The first kappa shape index (κ1) is 13.3. The summed E-state index contributed by atoms with van der Waals surface area (Å²) in [6.07, 6.45) is -0.246. The van der Waals surface area contributed by atoms with Gasteiger partial charge in [0.1, 0.15) is 11.6 Å². The molecule has 0 aliphatic carbocycles. The zero-order valence-electron chi connectivity index (χ0n) is 9.69. The van der Waals surface area contributed by atoms with E-state index in [9.17, 15) is 9.50 Å². The predicted molar refractivity (Wildman–Crippen MR) is 70.9 cm³/mol. The van der Waals surface area contributed by atoms with Crippen LogP contribution in [0.5, 0.6) is 5.75 Å². The molecule has 1 atom stereocenters. The van der Waals surface area contributed by atoms with E-state index in [0.717, 1.165) is 16.2 Å². The summed E-state index contributed by atoms with van der Waals surface area (Å²) in [5.41, 5.74) is 0.793. The third-order valence-corrected chi connectivity index (χ3v) is 3.87. The molecule has 0 saturated heterocycles. The minimum absolute atomic E-state index is 0.0726. The lowest BCUT2D eigenvalue weighted by molar-refractivity contribution is 0.182. The molecule has 2 nitrogen and oxygen atoms in total. The maximum atomic E-state index is 13.0. The van der Waals surface area contributed by atoms with Crippen LogP contribution >= 0.6 is 22.9 Å². The van der Waals surface area contributed by atoms with Crippen LogP contribution in [0.25, 0.3) is 0 Å². The summed E-state index contributed by atoms with van der Waals surface area (Å²) in [6.45, 7) is 0. The van der Waals surface area contributed by atoms with Gasteiger partial charge >= 0.3 is 0 Å². The van der Waals surface area contributed by atoms with Crippen LogP contribution in [0.3, 0.4) is 0 Å². The van der Waals surface area contributed by atoms with Crippen molar-refractivity contribution < 1.29 is 14.2 Å². The zero-order chi connectivity index (χ0) is 13.1. The summed E-state index contributed by atoms with van der Waals surface area (Å²) in [5, 5.41) is 12.0. The molecule has 0 aliphatic heterocycles. The summed E-state index contributed by atoms with van der Waals surface area (Å²) in [5.74, 6) is 0.277. The van der Waals surface area contributed by atoms with Crippen LogP contribution in [-0.2, 0) is 6.42 Å². The molecule has 0 spiro atoms.